The lowest BCUT2D eigenvalue weighted by molar-refractivity contribution is -0.116. The fraction of sp³-hybridized carbons (Fsp3) is 0.176. The van der Waals surface area contributed by atoms with Crippen LogP contribution < -0.4 is 9.62 Å². The Bertz CT molecular complexity index is 905. The maximum absolute atomic E-state index is 12.1. The summed E-state index contributed by atoms with van der Waals surface area (Å²) in [5.74, 6) is -0.342. The van der Waals surface area contributed by atoms with Crippen LogP contribution in [-0.4, -0.2) is 27.1 Å². The number of nitriles is 1. The molecule has 8 heteroatoms. The first kappa shape index (κ1) is 18.8. The zero-order chi connectivity index (χ0) is 18.4. The molecule has 0 saturated carbocycles. The first-order chi connectivity index (χ1) is 11.8. The van der Waals surface area contributed by atoms with Crippen LogP contribution in [0.4, 0.5) is 11.4 Å². The van der Waals surface area contributed by atoms with Crippen LogP contribution in [0.3, 0.4) is 0 Å². The summed E-state index contributed by atoms with van der Waals surface area (Å²) in [6.07, 6.45) is 1.02. The van der Waals surface area contributed by atoms with Crippen molar-refractivity contribution < 1.29 is 13.2 Å². The zero-order valence-electron chi connectivity index (χ0n) is 13.4. The first-order valence-corrected chi connectivity index (χ1v) is 9.56. The first-order valence-electron chi connectivity index (χ1n) is 7.33. The van der Waals surface area contributed by atoms with Gasteiger partial charge in [-0.1, -0.05) is 23.7 Å². The highest BCUT2D eigenvalue weighted by Crippen LogP contribution is 2.27. The van der Waals surface area contributed by atoms with Crippen molar-refractivity contribution in [3.8, 4) is 6.07 Å². The van der Waals surface area contributed by atoms with Gasteiger partial charge >= 0.3 is 0 Å². The summed E-state index contributed by atoms with van der Waals surface area (Å²) in [6, 6.07) is 14.9. The van der Waals surface area contributed by atoms with Gasteiger partial charge in [0.05, 0.1) is 28.6 Å². The number of halogens is 1. The Morgan fingerprint density at radius 2 is 1.84 bits per heavy atom. The lowest BCUT2D eigenvalue weighted by atomic mass is 10.2. The molecule has 0 bridgehead atoms. The van der Waals surface area contributed by atoms with Gasteiger partial charge < -0.3 is 5.32 Å². The van der Waals surface area contributed by atoms with Crippen molar-refractivity contribution in [3.05, 3.63) is 59.1 Å². The number of rotatable bonds is 6. The van der Waals surface area contributed by atoms with Crippen molar-refractivity contribution in [1.82, 2.24) is 0 Å². The highest BCUT2D eigenvalue weighted by molar-refractivity contribution is 7.92. The van der Waals surface area contributed by atoms with E-state index in [1.165, 1.54) is 0 Å². The summed E-state index contributed by atoms with van der Waals surface area (Å²) < 4.78 is 25.2. The van der Waals surface area contributed by atoms with E-state index in [1.54, 1.807) is 48.5 Å². The predicted octanol–water partition coefficient (Wildman–Crippen LogP) is 3.01. The Labute approximate surface area is 151 Å². The molecule has 2 rings (SSSR count). The van der Waals surface area contributed by atoms with E-state index < -0.39 is 10.0 Å². The molecule has 0 aliphatic rings. The lowest BCUT2D eigenvalue weighted by Crippen LogP contribution is -2.33. The van der Waals surface area contributed by atoms with Crippen LogP contribution in [0.2, 0.25) is 5.02 Å². The van der Waals surface area contributed by atoms with Crippen LogP contribution in [0.1, 0.15) is 12.0 Å². The summed E-state index contributed by atoms with van der Waals surface area (Å²) in [6.45, 7) is -0.0370. The van der Waals surface area contributed by atoms with Crippen molar-refractivity contribution in [1.29, 1.82) is 5.26 Å². The van der Waals surface area contributed by atoms with Crippen LogP contribution in [0.15, 0.2) is 48.5 Å². The largest absolute Gasteiger partial charge is 0.326 e. The summed E-state index contributed by atoms with van der Waals surface area (Å²) >= 11 is 6.07. The van der Waals surface area contributed by atoms with Gasteiger partial charge in [0.1, 0.15) is 0 Å². The summed E-state index contributed by atoms with van der Waals surface area (Å²) in [5, 5.41) is 11.7. The van der Waals surface area contributed by atoms with E-state index in [1.807, 2.05) is 6.07 Å². The van der Waals surface area contributed by atoms with E-state index in [-0.39, 0.29) is 18.9 Å². The molecule has 0 radical (unpaired) electrons. The Kier molecular flexibility index (Phi) is 6.02. The normalized spacial score (nSPS) is 10.8. The van der Waals surface area contributed by atoms with Crippen molar-refractivity contribution in [2.75, 3.05) is 22.4 Å². The molecule has 6 nitrogen and oxygen atoms in total. The number of hydrogen-bond donors (Lipinski definition) is 1. The number of nitrogens with zero attached hydrogens (tertiary/aromatic N) is 2. The topological polar surface area (TPSA) is 90.3 Å². The van der Waals surface area contributed by atoms with Gasteiger partial charge in [0.2, 0.25) is 15.9 Å². The van der Waals surface area contributed by atoms with Gasteiger partial charge in [-0.05, 0) is 36.4 Å². The second-order valence-corrected chi connectivity index (χ2v) is 7.59. The van der Waals surface area contributed by atoms with E-state index in [9.17, 15) is 13.2 Å². The highest BCUT2D eigenvalue weighted by atomic mass is 35.5. The van der Waals surface area contributed by atoms with Crippen molar-refractivity contribution in [2.45, 2.75) is 6.42 Å². The Morgan fingerprint density at radius 1 is 1.20 bits per heavy atom. The predicted molar refractivity (Wildman–Crippen MR) is 98.0 cm³/mol. The molecule has 2 aromatic rings. The van der Waals surface area contributed by atoms with Crippen molar-refractivity contribution in [2.24, 2.45) is 0 Å². The van der Waals surface area contributed by atoms with Crippen LogP contribution in [0, 0.1) is 11.3 Å². The molecule has 0 unspecified atom stereocenters. The van der Waals surface area contributed by atoms with E-state index >= 15 is 0 Å². The zero-order valence-corrected chi connectivity index (χ0v) is 15.0. The minimum atomic E-state index is -3.59. The monoisotopic (exact) mass is 377 g/mol. The number of para-hydroxylation sites is 1. The van der Waals surface area contributed by atoms with Gasteiger partial charge in [0, 0.05) is 18.7 Å². The Balaban J connectivity index is 2.06. The van der Waals surface area contributed by atoms with Gasteiger partial charge in [0.15, 0.2) is 0 Å². The molecule has 0 fully saturated rings. The molecule has 25 heavy (non-hydrogen) atoms. The average molecular weight is 378 g/mol. The Hall–Kier alpha value is -2.56. The van der Waals surface area contributed by atoms with Gasteiger partial charge in [-0.2, -0.15) is 5.26 Å². The summed E-state index contributed by atoms with van der Waals surface area (Å²) in [4.78, 5) is 12.1. The molecule has 2 aromatic carbocycles. The third kappa shape index (κ3) is 5.21. The van der Waals surface area contributed by atoms with Gasteiger partial charge in [0.25, 0.3) is 0 Å². The third-order valence-corrected chi connectivity index (χ3v) is 4.86. The maximum Gasteiger partial charge on any atom is 0.232 e. The average Bonchev–Trinajstić information content (AvgIpc) is 2.56. The fourth-order valence-electron chi connectivity index (χ4n) is 2.17. The molecule has 1 N–H and O–H groups in total. The summed E-state index contributed by atoms with van der Waals surface area (Å²) in [7, 11) is -3.59. The van der Waals surface area contributed by atoms with E-state index in [0.29, 0.717) is 22.0 Å². The van der Waals surface area contributed by atoms with Gasteiger partial charge in [-0.15, -0.1) is 0 Å². The molecule has 0 aliphatic carbocycles. The van der Waals surface area contributed by atoms with Gasteiger partial charge in [-0.25, -0.2) is 8.42 Å². The maximum atomic E-state index is 12.1. The van der Waals surface area contributed by atoms with Crippen molar-refractivity contribution >= 4 is 38.9 Å². The summed E-state index contributed by atoms with van der Waals surface area (Å²) in [5.41, 5.74) is 1.35. The fourth-order valence-corrected chi connectivity index (χ4v) is 3.40. The van der Waals surface area contributed by atoms with Crippen LogP contribution in [0.5, 0.6) is 0 Å². The van der Waals surface area contributed by atoms with E-state index in [2.05, 4.69) is 5.32 Å². The smallest absolute Gasteiger partial charge is 0.232 e. The molecule has 0 atom stereocenters. The minimum absolute atomic E-state index is 0.0370. The number of carbonyl (C=O) groups is 1. The second kappa shape index (κ2) is 8.01. The molecule has 0 aliphatic heterocycles. The van der Waals surface area contributed by atoms with Crippen LogP contribution in [-0.2, 0) is 14.8 Å². The highest BCUT2D eigenvalue weighted by Gasteiger charge is 2.20. The molecule has 0 saturated heterocycles. The second-order valence-electron chi connectivity index (χ2n) is 5.27. The SMILES string of the molecule is CS(=O)(=O)N(CCC(=O)Nc1ccc(C#N)cc1)c1ccccc1Cl. The molecule has 0 heterocycles. The number of amides is 1. The Morgan fingerprint density at radius 3 is 2.40 bits per heavy atom. The van der Waals surface area contributed by atoms with Crippen LogP contribution in [0.25, 0.3) is 0 Å². The quantitative estimate of drug-likeness (QED) is 0.837. The molecule has 130 valence electrons. The molecule has 0 spiro atoms. The molecular weight excluding hydrogens is 362 g/mol. The standard InChI is InChI=1S/C17H16ClN3O3S/c1-25(23,24)21(16-5-3-2-4-15(16)18)11-10-17(22)20-14-8-6-13(12-19)7-9-14/h2-9H,10-11H2,1H3,(H,20,22). The minimum Gasteiger partial charge on any atom is -0.326 e. The number of anilines is 2. The molecular formula is C17H16ClN3O3S. The number of hydrogen-bond acceptors (Lipinski definition) is 4. The van der Waals surface area contributed by atoms with E-state index in [0.717, 1.165) is 10.6 Å². The number of benzene rings is 2. The molecule has 1 amide bonds. The van der Waals surface area contributed by atoms with Crippen molar-refractivity contribution in [3.63, 3.8) is 0 Å². The van der Waals surface area contributed by atoms with Crippen LogP contribution >= 0.6 is 11.6 Å². The number of sulfonamides is 1. The number of carbonyl (C=O) groups excluding carboxylic acids is 1. The van der Waals surface area contributed by atoms with E-state index in [4.69, 9.17) is 16.9 Å². The number of nitrogens with one attached hydrogen (secondary N) is 1. The molecule has 0 aromatic heterocycles. The van der Waals surface area contributed by atoms with Gasteiger partial charge in [-0.3, -0.25) is 9.10 Å². The third-order valence-electron chi connectivity index (χ3n) is 3.36. The lowest BCUT2D eigenvalue weighted by Gasteiger charge is -2.23.